The zero-order chi connectivity index (χ0) is 12.0. The number of aryl methyl sites for hydroxylation is 2. The average molecular weight is 241 g/mol. The van der Waals surface area contributed by atoms with E-state index in [0.29, 0.717) is 18.1 Å². The predicted octanol–water partition coefficient (Wildman–Crippen LogP) is 3.34. The zero-order valence-electron chi connectivity index (χ0n) is 9.75. The van der Waals surface area contributed by atoms with Gasteiger partial charge >= 0.3 is 5.97 Å². The van der Waals surface area contributed by atoms with Gasteiger partial charge in [-0.05, 0) is 37.8 Å². The van der Waals surface area contributed by atoms with Gasteiger partial charge in [0.1, 0.15) is 0 Å². The lowest BCUT2D eigenvalue weighted by Gasteiger charge is -2.10. The molecule has 88 valence electrons. The van der Waals surface area contributed by atoms with Crippen molar-refractivity contribution in [2.75, 3.05) is 12.5 Å². The molecule has 0 heterocycles. The molecule has 0 radical (unpaired) electrons. The summed E-state index contributed by atoms with van der Waals surface area (Å²) in [6.45, 7) is 4.15. The van der Waals surface area contributed by atoms with Gasteiger partial charge in [0.2, 0.25) is 0 Å². The van der Waals surface area contributed by atoms with Crippen molar-refractivity contribution in [3.05, 3.63) is 34.9 Å². The van der Waals surface area contributed by atoms with Crippen LogP contribution in [-0.4, -0.2) is 18.5 Å². The standard InChI is InChI=1S/C13H17ClO2/c1-3-16-13(15)12-10(2)6-4-7-11(12)8-5-9-14/h4,6-7H,3,5,8-9H2,1-2H3. The molecule has 3 heteroatoms. The van der Waals surface area contributed by atoms with Crippen LogP contribution in [0.25, 0.3) is 0 Å². The fourth-order valence-corrected chi connectivity index (χ4v) is 1.82. The maximum absolute atomic E-state index is 11.8. The highest BCUT2D eigenvalue weighted by Gasteiger charge is 2.14. The number of rotatable bonds is 5. The molecule has 0 aliphatic carbocycles. The minimum atomic E-state index is -0.231. The molecule has 16 heavy (non-hydrogen) atoms. The van der Waals surface area contributed by atoms with Crippen LogP contribution in [0.1, 0.15) is 34.8 Å². The first-order valence-corrected chi connectivity index (χ1v) is 6.05. The van der Waals surface area contributed by atoms with E-state index in [2.05, 4.69) is 0 Å². The smallest absolute Gasteiger partial charge is 0.338 e. The van der Waals surface area contributed by atoms with Crippen LogP contribution >= 0.6 is 11.6 Å². The van der Waals surface area contributed by atoms with Gasteiger partial charge in [0.15, 0.2) is 0 Å². The van der Waals surface area contributed by atoms with Crippen LogP contribution in [0.15, 0.2) is 18.2 Å². The summed E-state index contributed by atoms with van der Waals surface area (Å²) in [6, 6.07) is 5.85. The number of ether oxygens (including phenoxy) is 1. The third kappa shape index (κ3) is 3.24. The van der Waals surface area contributed by atoms with Crippen LogP contribution in [0.5, 0.6) is 0 Å². The molecule has 0 saturated heterocycles. The number of carbonyl (C=O) groups excluding carboxylic acids is 1. The number of hydrogen-bond donors (Lipinski definition) is 0. The van der Waals surface area contributed by atoms with E-state index in [1.165, 1.54) is 0 Å². The van der Waals surface area contributed by atoms with E-state index in [-0.39, 0.29) is 5.97 Å². The Balaban J connectivity index is 2.98. The SMILES string of the molecule is CCOC(=O)c1c(C)cccc1CCCCl. The minimum absolute atomic E-state index is 0.231. The summed E-state index contributed by atoms with van der Waals surface area (Å²) in [6.07, 6.45) is 1.69. The third-order valence-corrected chi connectivity index (χ3v) is 2.69. The summed E-state index contributed by atoms with van der Waals surface area (Å²) in [5.41, 5.74) is 2.69. The number of esters is 1. The molecule has 2 nitrogen and oxygen atoms in total. The molecular weight excluding hydrogens is 224 g/mol. The zero-order valence-corrected chi connectivity index (χ0v) is 10.5. The Labute approximate surface area is 102 Å². The summed E-state index contributed by atoms with van der Waals surface area (Å²) in [5.74, 6) is 0.376. The first-order chi connectivity index (χ1) is 7.70. The van der Waals surface area contributed by atoms with Gasteiger partial charge in [-0.2, -0.15) is 0 Å². The average Bonchev–Trinajstić information content (AvgIpc) is 2.26. The van der Waals surface area contributed by atoms with Crippen LogP contribution < -0.4 is 0 Å². The van der Waals surface area contributed by atoms with E-state index in [1.807, 2.05) is 32.0 Å². The van der Waals surface area contributed by atoms with E-state index < -0.39 is 0 Å². The topological polar surface area (TPSA) is 26.3 Å². The first-order valence-electron chi connectivity index (χ1n) is 5.52. The second-order valence-electron chi connectivity index (χ2n) is 3.62. The number of carbonyl (C=O) groups is 1. The van der Waals surface area contributed by atoms with Crippen molar-refractivity contribution in [2.45, 2.75) is 26.7 Å². The third-order valence-electron chi connectivity index (χ3n) is 2.42. The summed E-state index contributed by atoms with van der Waals surface area (Å²) in [7, 11) is 0. The molecule has 0 spiro atoms. The molecule has 0 amide bonds. The number of benzene rings is 1. The first kappa shape index (κ1) is 13.0. The molecule has 1 aromatic rings. The van der Waals surface area contributed by atoms with Crippen molar-refractivity contribution < 1.29 is 9.53 Å². The molecule has 0 unspecified atom stereocenters. The number of halogens is 1. The van der Waals surface area contributed by atoms with Crippen molar-refractivity contribution in [2.24, 2.45) is 0 Å². The van der Waals surface area contributed by atoms with Crippen LogP contribution in [-0.2, 0) is 11.2 Å². The van der Waals surface area contributed by atoms with Crippen molar-refractivity contribution >= 4 is 17.6 Å². The van der Waals surface area contributed by atoms with Gasteiger partial charge in [0.05, 0.1) is 12.2 Å². The second-order valence-corrected chi connectivity index (χ2v) is 4.00. The molecule has 0 aliphatic rings. The summed E-state index contributed by atoms with van der Waals surface area (Å²) < 4.78 is 5.06. The molecule has 0 atom stereocenters. The van der Waals surface area contributed by atoms with Gasteiger partial charge in [-0.1, -0.05) is 18.2 Å². The van der Waals surface area contributed by atoms with Gasteiger partial charge in [0.25, 0.3) is 0 Å². The summed E-state index contributed by atoms with van der Waals surface area (Å²) in [4.78, 5) is 11.8. The van der Waals surface area contributed by atoms with Crippen LogP contribution in [0, 0.1) is 6.92 Å². The lowest BCUT2D eigenvalue weighted by atomic mass is 9.99. The van der Waals surface area contributed by atoms with E-state index >= 15 is 0 Å². The Kier molecular flexibility index (Phi) is 5.33. The van der Waals surface area contributed by atoms with Crippen LogP contribution in [0.2, 0.25) is 0 Å². The second kappa shape index (κ2) is 6.54. The molecule has 0 fully saturated rings. The maximum Gasteiger partial charge on any atom is 0.338 e. The quantitative estimate of drug-likeness (QED) is 0.583. The van der Waals surface area contributed by atoms with Crippen molar-refractivity contribution in [3.63, 3.8) is 0 Å². The maximum atomic E-state index is 11.8. The molecule has 0 N–H and O–H groups in total. The minimum Gasteiger partial charge on any atom is -0.462 e. The Bertz CT molecular complexity index is 361. The molecular formula is C13H17ClO2. The Morgan fingerprint density at radius 2 is 2.19 bits per heavy atom. The number of alkyl halides is 1. The Hall–Kier alpha value is -1.02. The molecule has 1 rings (SSSR count). The lowest BCUT2D eigenvalue weighted by Crippen LogP contribution is -2.10. The summed E-state index contributed by atoms with van der Waals surface area (Å²) in [5, 5.41) is 0. The predicted molar refractivity (Wildman–Crippen MR) is 66.2 cm³/mol. The highest BCUT2D eigenvalue weighted by atomic mass is 35.5. The molecule has 1 aromatic carbocycles. The molecule has 0 aliphatic heterocycles. The Morgan fingerprint density at radius 3 is 2.81 bits per heavy atom. The van der Waals surface area contributed by atoms with Crippen molar-refractivity contribution in [1.29, 1.82) is 0 Å². The van der Waals surface area contributed by atoms with E-state index in [4.69, 9.17) is 16.3 Å². The van der Waals surface area contributed by atoms with Crippen LogP contribution in [0.4, 0.5) is 0 Å². The van der Waals surface area contributed by atoms with Gasteiger partial charge in [-0.15, -0.1) is 11.6 Å². The molecule has 0 bridgehead atoms. The van der Waals surface area contributed by atoms with Gasteiger partial charge in [-0.25, -0.2) is 4.79 Å². The van der Waals surface area contributed by atoms with E-state index in [1.54, 1.807) is 0 Å². The Morgan fingerprint density at radius 1 is 1.44 bits per heavy atom. The highest BCUT2D eigenvalue weighted by molar-refractivity contribution is 6.17. The largest absolute Gasteiger partial charge is 0.462 e. The van der Waals surface area contributed by atoms with Gasteiger partial charge in [0, 0.05) is 5.88 Å². The lowest BCUT2D eigenvalue weighted by molar-refractivity contribution is 0.0524. The van der Waals surface area contributed by atoms with Crippen LogP contribution in [0.3, 0.4) is 0 Å². The fourth-order valence-electron chi connectivity index (χ4n) is 1.69. The van der Waals surface area contributed by atoms with Gasteiger partial charge in [-0.3, -0.25) is 0 Å². The fraction of sp³-hybridized carbons (Fsp3) is 0.462. The number of hydrogen-bond acceptors (Lipinski definition) is 2. The van der Waals surface area contributed by atoms with Gasteiger partial charge < -0.3 is 4.74 Å². The monoisotopic (exact) mass is 240 g/mol. The molecule has 0 aromatic heterocycles. The molecule has 0 saturated carbocycles. The van der Waals surface area contributed by atoms with E-state index in [0.717, 1.165) is 24.0 Å². The van der Waals surface area contributed by atoms with Crippen molar-refractivity contribution in [3.8, 4) is 0 Å². The van der Waals surface area contributed by atoms with E-state index in [9.17, 15) is 4.79 Å². The highest BCUT2D eigenvalue weighted by Crippen LogP contribution is 2.17. The normalized spacial score (nSPS) is 10.2. The summed E-state index contributed by atoms with van der Waals surface area (Å²) >= 11 is 5.67. The van der Waals surface area contributed by atoms with Crippen molar-refractivity contribution in [1.82, 2.24) is 0 Å².